The van der Waals surface area contributed by atoms with Crippen molar-refractivity contribution in [1.29, 1.82) is 5.26 Å². The summed E-state index contributed by atoms with van der Waals surface area (Å²) < 4.78 is 31.6. The number of hydrogen-bond donors (Lipinski definition) is 2. The van der Waals surface area contributed by atoms with Crippen LogP contribution in [-0.4, -0.2) is 52.0 Å². The lowest BCUT2D eigenvalue weighted by Gasteiger charge is -2.20. The van der Waals surface area contributed by atoms with Gasteiger partial charge in [0.05, 0.1) is 27.5 Å². The van der Waals surface area contributed by atoms with Gasteiger partial charge >= 0.3 is 6.09 Å². The number of ether oxygens (including phenoxy) is 1. The summed E-state index contributed by atoms with van der Waals surface area (Å²) in [6.07, 6.45) is 3.28. The van der Waals surface area contributed by atoms with E-state index in [1.54, 1.807) is 45.9 Å². The van der Waals surface area contributed by atoms with Gasteiger partial charge in [-0.25, -0.2) is 18.2 Å². The summed E-state index contributed by atoms with van der Waals surface area (Å²) in [6, 6.07) is 8.45. The average molecular weight is 624 g/mol. The molecule has 14 heteroatoms. The first-order valence-corrected chi connectivity index (χ1v) is 15.3. The smallest absolute Gasteiger partial charge is 0.413 e. The average Bonchev–Trinajstić information content (AvgIpc) is 3.28. The Balaban J connectivity index is 1.53. The number of nitrogens with one attached hydrogen (secondary N) is 2. The predicted octanol–water partition coefficient (Wildman–Crippen LogP) is 4.70. The Morgan fingerprint density at radius 3 is 2.51 bits per heavy atom. The minimum absolute atomic E-state index is 0.0361. The highest BCUT2D eigenvalue weighted by Crippen LogP contribution is 2.26. The standard InChI is InChI=1S/C29H30ClN7O5S/c1-16-7-25(35-28(39)42-29(3,4)5)34-17(2)21(16)13-33-27(38)22-15-37(36-23(22)11-31)14-18-8-19-10-20(30)12-32-26(19)24(9-18)43(6,40)41/h7-10,12,15H,13-14H2,1-6H3,(H,33,38)(H,34,35,39). The third-order valence-electron chi connectivity index (χ3n) is 6.24. The fourth-order valence-corrected chi connectivity index (χ4v) is 5.48. The molecule has 3 heterocycles. The van der Waals surface area contributed by atoms with Gasteiger partial charge in [-0.2, -0.15) is 10.4 Å². The fourth-order valence-electron chi connectivity index (χ4n) is 4.42. The molecule has 0 aliphatic rings. The second-order valence-corrected chi connectivity index (χ2v) is 13.4. The number of aromatic nitrogens is 4. The van der Waals surface area contributed by atoms with E-state index in [0.29, 0.717) is 33.0 Å². The number of sulfone groups is 1. The number of anilines is 1. The van der Waals surface area contributed by atoms with Gasteiger partial charge in [0.2, 0.25) is 0 Å². The number of pyridine rings is 2. The van der Waals surface area contributed by atoms with Crippen LogP contribution in [0.15, 0.2) is 41.6 Å². The first-order chi connectivity index (χ1) is 20.0. The van der Waals surface area contributed by atoms with Crippen molar-refractivity contribution in [2.24, 2.45) is 0 Å². The van der Waals surface area contributed by atoms with Crippen LogP contribution in [0.1, 0.15) is 59.2 Å². The summed E-state index contributed by atoms with van der Waals surface area (Å²) >= 11 is 6.08. The Hall–Kier alpha value is -4.54. The van der Waals surface area contributed by atoms with Crippen LogP contribution >= 0.6 is 11.6 Å². The normalized spacial score (nSPS) is 11.7. The van der Waals surface area contributed by atoms with Crippen LogP contribution in [0, 0.1) is 25.2 Å². The maximum atomic E-state index is 13.1. The van der Waals surface area contributed by atoms with Crippen molar-refractivity contribution < 1.29 is 22.7 Å². The molecule has 4 rings (SSSR count). The van der Waals surface area contributed by atoms with Crippen molar-refractivity contribution in [3.8, 4) is 6.07 Å². The lowest BCUT2D eigenvalue weighted by atomic mass is 10.1. The molecule has 0 bridgehead atoms. The first kappa shape index (κ1) is 31.4. The number of halogens is 1. The topological polar surface area (TPSA) is 169 Å². The molecule has 0 aliphatic carbocycles. The van der Waals surface area contributed by atoms with Crippen molar-refractivity contribution in [1.82, 2.24) is 25.1 Å². The molecule has 0 spiro atoms. The molecular formula is C29H30ClN7O5S. The van der Waals surface area contributed by atoms with Crippen molar-refractivity contribution in [3.63, 3.8) is 0 Å². The van der Waals surface area contributed by atoms with Gasteiger partial charge in [0.1, 0.15) is 17.5 Å². The zero-order chi connectivity index (χ0) is 31.7. The molecule has 0 unspecified atom stereocenters. The van der Waals surface area contributed by atoms with E-state index in [2.05, 4.69) is 25.7 Å². The molecule has 0 saturated carbocycles. The second kappa shape index (κ2) is 12.0. The van der Waals surface area contributed by atoms with Gasteiger partial charge < -0.3 is 10.1 Å². The third-order valence-corrected chi connectivity index (χ3v) is 7.56. The molecule has 3 aromatic heterocycles. The minimum Gasteiger partial charge on any atom is -0.444 e. The molecule has 0 aliphatic heterocycles. The SMILES string of the molecule is Cc1cc(NC(=O)OC(C)(C)C)nc(C)c1CNC(=O)c1cn(Cc2cc(S(C)(=O)=O)c3ncc(Cl)cc3c2)nc1C#N. The zero-order valence-electron chi connectivity index (χ0n) is 24.4. The minimum atomic E-state index is -3.62. The number of fused-ring (bicyclic) bond motifs is 1. The second-order valence-electron chi connectivity index (χ2n) is 11.0. The monoisotopic (exact) mass is 623 g/mol. The van der Waals surface area contributed by atoms with E-state index < -0.39 is 27.4 Å². The summed E-state index contributed by atoms with van der Waals surface area (Å²) in [5.41, 5.74) is 2.28. The Kier molecular flexibility index (Phi) is 8.75. The molecule has 12 nitrogen and oxygen atoms in total. The summed E-state index contributed by atoms with van der Waals surface area (Å²) in [7, 11) is -3.62. The van der Waals surface area contributed by atoms with E-state index >= 15 is 0 Å². The van der Waals surface area contributed by atoms with Crippen LogP contribution < -0.4 is 10.6 Å². The summed E-state index contributed by atoms with van der Waals surface area (Å²) in [5, 5.41) is 20.2. The van der Waals surface area contributed by atoms with E-state index in [4.69, 9.17) is 16.3 Å². The molecule has 224 valence electrons. The quantitative estimate of drug-likeness (QED) is 0.296. The number of carbonyl (C=O) groups excluding carboxylic acids is 2. The summed E-state index contributed by atoms with van der Waals surface area (Å²) in [4.78, 5) is 33.9. The molecule has 1 aromatic carbocycles. The molecule has 0 radical (unpaired) electrons. The van der Waals surface area contributed by atoms with Gasteiger partial charge in [-0.15, -0.1) is 0 Å². The van der Waals surface area contributed by atoms with Gasteiger partial charge in [0.25, 0.3) is 5.91 Å². The number of rotatable bonds is 7. The Morgan fingerprint density at radius 1 is 1.16 bits per heavy atom. The van der Waals surface area contributed by atoms with Gasteiger partial charge in [0.15, 0.2) is 15.5 Å². The van der Waals surface area contributed by atoms with Crippen molar-refractivity contribution >= 4 is 50.2 Å². The van der Waals surface area contributed by atoms with E-state index in [9.17, 15) is 23.3 Å². The maximum absolute atomic E-state index is 13.1. The van der Waals surface area contributed by atoms with Crippen LogP contribution in [0.3, 0.4) is 0 Å². The number of nitriles is 1. The van der Waals surface area contributed by atoms with Crippen molar-refractivity contribution in [2.75, 3.05) is 11.6 Å². The van der Waals surface area contributed by atoms with Crippen LogP contribution in [0.2, 0.25) is 5.02 Å². The predicted molar refractivity (Wildman–Crippen MR) is 161 cm³/mol. The Bertz CT molecular complexity index is 1880. The molecule has 0 fully saturated rings. The molecule has 43 heavy (non-hydrogen) atoms. The number of aryl methyl sites for hydroxylation is 2. The highest BCUT2D eigenvalue weighted by molar-refractivity contribution is 7.91. The maximum Gasteiger partial charge on any atom is 0.413 e. The molecular weight excluding hydrogens is 594 g/mol. The number of nitrogens with zero attached hydrogens (tertiary/aromatic N) is 5. The van der Waals surface area contributed by atoms with Gasteiger partial charge in [-0.05, 0) is 75.6 Å². The van der Waals surface area contributed by atoms with Crippen molar-refractivity contribution in [2.45, 2.75) is 58.2 Å². The van der Waals surface area contributed by atoms with Gasteiger partial charge in [-0.3, -0.25) is 19.8 Å². The van der Waals surface area contributed by atoms with E-state index in [1.165, 1.54) is 23.1 Å². The fraction of sp³-hybridized carbons (Fsp3) is 0.310. The third kappa shape index (κ3) is 7.65. The number of hydrogen-bond acceptors (Lipinski definition) is 9. The Morgan fingerprint density at radius 2 is 1.88 bits per heavy atom. The van der Waals surface area contributed by atoms with Crippen LogP contribution in [0.25, 0.3) is 10.9 Å². The van der Waals surface area contributed by atoms with Crippen LogP contribution in [0.4, 0.5) is 10.6 Å². The molecule has 0 atom stereocenters. The van der Waals surface area contributed by atoms with Crippen LogP contribution in [-0.2, 0) is 27.7 Å². The number of benzene rings is 1. The molecule has 2 amide bonds. The summed E-state index contributed by atoms with van der Waals surface area (Å²) in [5.74, 6) is -0.206. The van der Waals surface area contributed by atoms with E-state index in [1.807, 2.05) is 13.0 Å². The van der Waals surface area contributed by atoms with Crippen molar-refractivity contribution in [3.05, 3.63) is 75.3 Å². The highest BCUT2D eigenvalue weighted by Gasteiger charge is 2.21. The van der Waals surface area contributed by atoms with E-state index in [-0.39, 0.29) is 29.2 Å². The lowest BCUT2D eigenvalue weighted by Crippen LogP contribution is -2.28. The molecule has 2 N–H and O–H groups in total. The molecule has 4 aromatic rings. The van der Waals surface area contributed by atoms with Gasteiger partial charge in [-0.1, -0.05) is 11.6 Å². The summed E-state index contributed by atoms with van der Waals surface area (Å²) in [6.45, 7) is 9.06. The van der Waals surface area contributed by atoms with Gasteiger partial charge in [0, 0.05) is 36.3 Å². The number of amides is 2. The zero-order valence-corrected chi connectivity index (χ0v) is 26.0. The number of carbonyl (C=O) groups is 2. The highest BCUT2D eigenvalue weighted by atomic mass is 35.5. The van der Waals surface area contributed by atoms with E-state index in [0.717, 1.165) is 17.4 Å². The Labute approximate surface area is 254 Å². The first-order valence-electron chi connectivity index (χ1n) is 13.0. The van der Waals surface area contributed by atoms with Crippen LogP contribution in [0.5, 0.6) is 0 Å². The largest absolute Gasteiger partial charge is 0.444 e. The lowest BCUT2D eigenvalue weighted by molar-refractivity contribution is 0.0635. The molecule has 0 saturated heterocycles.